The highest BCUT2D eigenvalue weighted by Gasteiger charge is 2.32. The van der Waals surface area contributed by atoms with E-state index in [0.29, 0.717) is 37.3 Å². The van der Waals surface area contributed by atoms with Gasteiger partial charge in [-0.15, -0.1) is 0 Å². The first-order valence-corrected chi connectivity index (χ1v) is 13.2. The lowest BCUT2D eigenvalue weighted by Gasteiger charge is -2.33. The van der Waals surface area contributed by atoms with Gasteiger partial charge >= 0.3 is 6.18 Å². The molecule has 0 saturated carbocycles. The van der Waals surface area contributed by atoms with Crippen molar-refractivity contribution in [1.82, 2.24) is 28.4 Å². The molecule has 0 bridgehead atoms. The predicted molar refractivity (Wildman–Crippen MR) is 134 cm³/mol. The van der Waals surface area contributed by atoms with Gasteiger partial charge in [-0.25, -0.2) is 9.67 Å². The topological polar surface area (TPSA) is 113 Å². The van der Waals surface area contributed by atoms with Gasteiger partial charge in [0.2, 0.25) is 0 Å². The zero-order chi connectivity index (χ0) is 27.8. The van der Waals surface area contributed by atoms with E-state index in [4.69, 9.17) is 0 Å². The molecule has 1 fully saturated rings. The van der Waals surface area contributed by atoms with Crippen molar-refractivity contribution >= 4 is 21.8 Å². The van der Waals surface area contributed by atoms with Crippen LogP contribution in [0.1, 0.15) is 51.6 Å². The van der Waals surface area contributed by atoms with E-state index in [1.165, 1.54) is 39.7 Å². The normalized spacial score (nSPS) is 15.7. The molecule has 0 atom stereocenters. The number of alkyl halides is 3. The molecule has 1 N–H and O–H groups in total. The van der Waals surface area contributed by atoms with Crippen LogP contribution in [-0.4, -0.2) is 69.9 Å². The standard InChI is InChI=1S/C24H28F3N7O3S/c1-15-11-19(13-29-22(15)17-7-9-33(10-8-17)38(36,37)32(3)4)31-23(35)20-14-30-34(16(20)2)21-6-5-18(12-28-21)24(25,26)27/h5-6,11-14,17H,7-10H2,1-4H3,(H,31,35). The first-order chi connectivity index (χ1) is 17.8. The summed E-state index contributed by atoms with van der Waals surface area (Å²) in [5.41, 5.74) is 1.99. The lowest BCUT2D eigenvalue weighted by Crippen LogP contribution is -2.44. The molecule has 0 spiro atoms. The second-order valence-corrected chi connectivity index (χ2v) is 11.4. The number of halogens is 3. The quantitative estimate of drug-likeness (QED) is 0.502. The Kier molecular flexibility index (Phi) is 7.59. The van der Waals surface area contributed by atoms with Crippen molar-refractivity contribution in [3.05, 3.63) is 64.9 Å². The molecule has 3 aromatic rings. The number of pyridine rings is 2. The zero-order valence-electron chi connectivity index (χ0n) is 21.3. The summed E-state index contributed by atoms with van der Waals surface area (Å²) >= 11 is 0. The smallest absolute Gasteiger partial charge is 0.320 e. The van der Waals surface area contributed by atoms with E-state index in [1.807, 2.05) is 6.92 Å². The number of carbonyl (C=O) groups excluding carboxylic acids is 1. The van der Waals surface area contributed by atoms with Gasteiger partial charge in [-0.05, 0) is 50.5 Å². The number of amides is 1. The fourth-order valence-electron chi connectivity index (χ4n) is 4.41. The summed E-state index contributed by atoms with van der Waals surface area (Å²) in [6, 6.07) is 3.90. The summed E-state index contributed by atoms with van der Waals surface area (Å²) in [5, 5.41) is 6.90. The third kappa shape index (κ3) is 5.56. The molecule has 10 nitrogen and oxygen atoms in total. The maximum atomic E-state index is 12.9. The Bertz CT molecular complexity index is 1430. The number of aromatic nitrogens is 4. The van der Waals surface area contributed by atoms with E-state index in [0.717, 1.165) is 23.5 Å². The molecule has 38 heavy (non-hydrogen) atoms. The maximum Gasteiger partial charge on any atom is 0.417 e. The molecular formula is C24H28F3N7O3S. The van der Waals surface area contributed by atoms with Crippen LogP contribution in [0.15, 0.2) is 36.8 Å². The Balaban J connectivity index is 1.43. The molecule has 14 heteroatoms. The van der Waals surface area contributed by atoms with E-state index in [1.54, 1.807) is 19.2 Å². The van der Waals surface area contributed by atoms with Crippen molar-refractivity contribution in [1.29, 1.82) is 0 Å². The summed E-state index contributed by atoms with van der Waals surface area (Å²) in [6.07, 6.45) is 0.388. The van der Waals surface area contributed by atoms with Crippen molar-refractivity contribution in [2.75, 3.05) is 32.5 Å². The molecule has 0 aliphatic carbocycles. The Hall–Kier alpha value is -3.36. The lowest BCUT2D eigenvalue weighted by atomic mass is 9.91. The van der Waals surface area contributed by atoms with E-state index in [-0.39, 0.29) is 17.3 Å². The van der Waals surface area contributed by atoms with Crippen LogP contribution in [0.5, 0.6) is 0 Å². The fourth-order valence-corrected chi connectivity index (χ4v) is 5.55. The van der Waals surface area contributed by atoms with E-state index in [2.05, 4.69) is 20.4 Å². The molecule has 0 unspecified atom stereocenters. The summed E-state index contributed by atoms with van der Waals surface area (Å²) < 4.78 is 67.1. The molecule has 0 radical (unpaired) electrons. The van der Waals surface area contributed by atoms with Crippen LogP contribution in [0, 0.1) is 13.8 Å². The Morgan fingerprint density at radius 3 is 2.32 bits per heavy atom. The minimum atomic E-state index is -4.50. The first kappa shape index (κ1) is 27.7. The van der Waals surface area contributed by atoms with Crippen molar-refractivity contribution in [3.8, 4) is 5.82 Å². The van der Waals surface area contributed by atoms with Crippen molar-refractivity contribution < 1.29 is 26.4 Å². The summed E-state index contributed by atoms with van der Waals surface area (Å²) in [6.45, 7) is 4.32. The van der Waals surface area contributed by atoms with Gasteiger partial charge in [0, 0.05) is 45.0 Å². The molecule has 204 valence electrons. The number of rotatable bonds is 6. The highest BCUT2D eigenvalue weighted by molar-refractivity contribution is 7.86. The molecule has 1 saturated heterocycles. The number of hydrogen-bond donors (Lipinski definition) is 1. The summed E-state index contributed by atoms with van der Waals surface area (Å²) in [7, 11) is -0.423. The Morgan fingerprint density at radius 2 is 1.76 bits per heavy atom. The van der Waals surface area contributed by atoms with E-state index < -0.39 is 27.9 Å². The largest absolute Gasteiger partial charge is 0.417 e. The van der Waals surface area contributed by atoms with Crippen LogP contribution in [0.3, 0.4) is 0 Å². The molecule has 1 amide bonds. The highest BCUT2D eigenvalue weighted by atomic mass is 32.2. The number of nitrogens with zero attached hydrogens (tertiary/aromatic N) is 6. The number of nitrogens with one attached hydrogen (secondary N) is 1. The van der Waals surface area contributed by atoms with Gasteiger partial charge in [0.1, 0.15) is 0 Å². The molecule has 3 aromatic heterocycles. The van der Waals surface area contributed by atoms with E-state index >= 15 is 0 Å². The third-order valence-electron chi connectivity index (χ3n) is 6.55. The molecular weight excluding hydrogens is 523 g/mol. The van der Waals surface area contributed by atoms with Crippen LogP contribution in [-0.2, 0) is 16.4 Å². The fraction of sp³-hybridized carbons (Fsp3) is 0.417. The zero-order valence-corrected chi connectivity index (χ0v) is 22.1. The SMILES string of the molecule is Cc1cc(NC(=O)c2cnn(-c3ccc(C(F)(F)F)cn3)c2C)cnc1C1CCN(S(=O)(=O)N(C)C)CC1. The Labute approximate surface area is 218 Å². The van der Waals surface area contributed by atoms with Gasteiger partial charge in [0.25, 0.3) is 16.1 Å². The number of anilines is 1. The number of aryl methyl sites for hydroxylation is 1. The van der Waals surface area contributed by atoms with Gasteiger partial charge in [0.05, 0.1) is 34.9 Å². The number of hydrogen-bond acceptors (Lipinski definition) is 6. The molecule has 4 heterocycles. The first-order valence-electron chi connectivity index (χ1n) is 11.8. The number of piperidine rings is 1. The van der Waals surface area contributed by atoms with Crippen LogP contribution in [0.2, 0.25) is 0 Å². The second-order valence-electron chi connectivity index (χ2n) is 9.30. The minimum Gasteiger partial charge on any atom is -0.320 e. The van der Waals surface area contributed by atoms with Crippen molar-refractivity contribution in [3.63, 3.8) is 0 Å². The summed E-state index contributed by atoms with van der Waals surface area (Å²) in [5.74, 6) is -0.192. The van der Waals surface area contributed by atoms with Crippen LogP contribution in [0.4, 0.5) is 18.9 Å². The molecule has 1 aliphatic heterocycles. The molecule has 1 aliphatic rings. The highest BCUT2D eigenvalue weighted by Crippen LogP contribution is 2.31. The lowest BCUT2D eigenvalue weighted by molar-refractivity contribution is -0.137. The van der Waals surface area contributed by atoms with Gasteiger partial charge in [-0.2, -0.15) is 35.3 Å². The van der Waals surface area contributed by atoms with Crippen LogP contribution in [0.25, 0.3) is 5.82 Å². The number of carbonyl (C=O) groups is 1. The Morgan fingerprint density at radius 1 is 1.08 bits per heavy atom. The second kappa shape index (κ2) is 10.4. The van der Waals surface area contributed by atoms with Gasteiger partial charge in [-0.1, -0.05) is 0 Å². The monoisotopic (exact) mass is 551 g/mol. The van der Waals surface area contributed by atoms with Crippen LogP contribution >= 0.6 is 0 Å². The van der Waals surface area contributed by atoms with Crippen LogP contribution < -0.4 is 5.32 Å². The molecule has 4 rings (SSSR count). The predicted octanol–water partition coefficient (Wildman–Crippen LogP) is 3.54. The van der Waals surface area contributed by atoms with E-state index in [9.17, 15) is 26.4 Å². The van der Waals surface area contributed by atoms with Gasteiger partial charge in [-0.3, -0.25) is 9.78 Å². The minimum absolute atomic E-state index is 0.102. The molecule has 0 aromatic carbocycles. The van der Waals surface area contributed by atoms with Gasteiger partial charge < -0.3 is 5.32 Å². The average molecular weight is 552 g/mol. The van der Waals surface area contributed by atoms with Crippen molar-refractivity contribution in [2.24, 2.45) is 0 Å². The maximum absolute atomic E-state index is 12.9. The summed E-state index contributed by atoms with van der Waals surface area (Å²) in [4.78, 5) is 21.3. The van der Waals surface area contributed by atoms with Gasteiger partial charge in [0.15, 0.2) is 5.82 Å². The average Bonchev–Trinajstić information content (AvgIpc) is 3.25. The van der Waals surface area contributed by atoms with Crippen molar-refractivity contribution in [2.45, 2.75) is 38.8 Å². The third-order valence-corrected chi connectivity index (χ3v) is 8.49.